The molecule has 0 heterocycles. The smallest absolute Gasteiger partial charge is 0.321 e. The molecule has 0 bridgehead atoms. The lowest BCUT2D eigenvalue weighted by atomic mass is 10.0. The molecule has 0 atom stereocenters. The van der Waals surface area contributed by atoms with Crippen LogP contribution in [0.1, 0.15) is 32.8 Å². The quantitative estimate of drug-likeness (QED) is 0.745. The Kier molecular flexibility index (Phi) is 4.53. The summed E-state index contributed by atoms with van der Waals surface area (Å²) in [6, 6.07) is 6.66. The molecule has 1 aromatic rings. The van der Waals surface area contributed by atoms with Gasteiger partial charge >= 0.3 is 7.60 Å². The summed E-state index contributed by atoms with van der Waals surface area (Å²) in [5.41, 5.74) is 0.718. The van der Waals surface area contributed by atoms with Crippen LogP contribution in [0.25, 0.3) is 0 Å². The minimum atomic E-state index is -4.11. The molecule has 0 saturated heterocycles. The second kappa shape index (κ2) is 4.74. The van der Waals surface area contributed by atoms with Crippen molar-refractivity contribution >= 4 is 12.9 Å². The van der Waals surface area contributed by atoms with Crippen LogP contribution in [-0.4, -0.2) is 9.79 Å². The predicted molar refractivity (Wildman–Crippen MR) is 58.9 cm³/mol. The van der Waals surface area contributed by atoms with E-state index in [-0.39, 0.29) is 18.6 Å². The fourth-order valence-corrected chi connectivity index (χ4v) is 2.19. The van der Waals surface area contributed by atoms with E-state index < -0.39 is 7.60 Å². The summed E-state index contributed by atoms with van der Waals surface area (Å²) in [6.07, 6.45) is 0. The lowest BCUT2D eigenvalue weighted by molar-refractivity contribution is 0.387. The molecule has 0 aliphatic carbocycles. The van der Waals surface area contributed by atoms with Gasteiger partial charge in [0.2, 0.25) is 0 Å². The summed E-state index contributed by atoms with van der Waals surface area (Å²) in [5, 5.41) is 0.144. The third-order valence-corrected chi connectivity index (χ3v) is 2.91. The average molecular weight is 216 g/mol. The molecule has 1 rings (SSSR count). The Balaban J connectivity index is 0.00000169. The minimum absolute atomic E-state index is 0. The van der Waals surface area contributed by atoms with Gasteiger partial charge in [0.15, 0.2) is 0 Å². The highest BCUT2D eigenvalue weighted by Crippen LogP contribution is 2.36. The fraction of sp³-hybridized carbons (Fsp3) is 0.400. The number of hydrogen-bond acceptors (Lipinski definition) is 1. The Morgan fingerprint density at radius 2 is 1.71 bits per heavy atom. The first-order chi connectivity index (χ1) is 5.93. The van der Waals surface area contributed by atoms with Crippen molar-refractivity contribution in [3.05, 3.63) is 29.8 Å². The maximum Gasteiger partial charge on any atom is 0.356 e. The zero-order valence-corrected chi connectivity index (χ0v) is 8.53. The second-order valence-electron chi connectivity index (χ2n) is 3.26. The van der Waals surface area contributed by atoms with Crippen molar-refractivity contribution in [1.29, 1.82) is 0 Å². The summed E-state index contributed by atoms with van der Waals surface area (Å²) in [4.78, 5) is 18.1. The predicted octanol–water partition coefficient (Wildman–Crippen LogP) is 2.25. The number of benzene rings is 1. The Morgan fingerprint density at radius 3 is 2.07 bits per heavy atom. The van der Waals surface area contributed by atoms with Crippen molar-refractivity contribution in [3.8, 4) is 0 Å². The Bertz CT molecular complexity index is 341. The maximum absolute atomic E-state index is 11.1. The van der Waals surface area contributed by atoms with Crippen molar-refractivity contribution in [2.45, 2.75) is 27.2 Å². The van der Waals surface area contributed by atoms with Crippen LogP contribution >= 0.6 is 7.60 Å². The van der Waals surface area contributed by atoms with Crippen LogP contribution in [0.4, 0.5) is 0 Å². The first-order valence-corrected chi connectivity index (χ1v) is 5.69. The monoisotopic (exact) mass is 216 g/mol. The van der Waals surface area contributed by atoms with Gasteiger partial charge in [-0.2, -0.15) is 0 Å². The van der Waals surface area contributed by atoms with Crippen molar-refractivity contribution in [2.24, 2.45) is 0 Å². The Hall–Kier alpha value is -0.630. The minimum Gasteiger partial charge on any atom is -0.321 e. The molecule has 0 fully saturated rings. The zero-order chi connectivity index (χ0) is 10.1. The fourth-order valence-electron chi connectivity index (χ4n) is 1.24. The van der Waals surface area contributed by atoms with Crippen LogP contribution < -0.4 is 5.30 Å². The van der Waals surface area contributed by atoms with E-state index in [4.69, 9.17) is 9.79 Å². The van der Waals surface area contributed by atoms with Crippen molar-refractivity contribution in [3.63, 3.8) is 0 Å². The molecular formula is C10H17O3P. The highest BCUT2D eigenvalue weighted by atomic mass is 31.2. The molecule has 3 nitrogen and oxygen atoms in total. The van der Waals surface area contributed by atoms with Crippen LogP contribution in [0.5, 0.6) is 0 Å². The zero-order valence-electron chi connectivity index (χ0n) is 7.64. The first kappa shape index (κ1) is 13.4. The summed E-state index contributed by atoms with van der Waals surface area (Å²) in [5.74, 6) is 0.129. The van der Waals surface area contributed by atoms with Crippen LogP contribution in [0, 0.1) is 0 Å². The van der Waals surface area contributed by atoms with Gasteiger partial charge in [0.05, 0.1) is 5.30 Å². The van der Waals surface area contributed by atoms with E-state index in [2.05, 4.69) is 0 Å². The summed E-state index contributed by atoms with van der Waals surface area (Å²) in [7, 11) is -4.11. The van der Waals surface area contributed by atoms with E-state index in [0.29, 0.717) is 0 Å². The molecule has 14 heavy (non-hydrogen) atoms. The molecule has 0 unspecified atom stereocenters. The van der Waals surface area contributed by atoms with Gasteiger partial charge in [-0.15, -0.1) is 0 Å². The third-order valence-electron chi connectivity index (χ3n) is 1.87. The molecule has 80 valence electrons. The number of rotatable bonds is 2. The molecule has 0 aromatic heterocycles. The van der Waals surface area contributed by atoms with E-state index >= 15 is 0 Å². The summed E-state index contributed by atoms with van der Waals surface area (Å²) >= 11 is 0. The van der Waals surface area contributed by atoms with Gasteiger partial charge in [0, 0.05) is 0 Å². The molecule has 0 saturated carbocycles. The number of hydrogen-bond donors (Lipinski definition) is 2. The Morgan fingerprint density at radius 1 is 1.21 bits per heavy atom. The summed E-state index contributed by atoms with van der Waals surface area (Å²) < 4.78 is 11.1. The molecule has 0 aliphatic rings. The standard InChI is InChI=1S/C9H13O3P.CH4/c1-7(2)8-5-3-4-6-9(8)13(10,11)12;/h3-7H,1-2H3,(H2,10,11,12);1H4. The molecule has 2 N–H and O–H groups in total. The second-order valence-corrected chi connectivity index (χ2v) is 4.83. The van der Waals surface area contributed by atoms with Gasteiger partial charge in [0.25, 0.3) is 0 Å². The molecule has 0 aliphatic heterocycles. The maximum atomic E-state index is 11.1. The molecule has 4 heteroatoms. The van der Waals surface area contributed by atoms with Crippen LogP contribution in [0.15, 0.2) is 24.3 Å². The molecule has 0 spiro atoms. The molecular weight excluding hydrogens is 199 g/mol. The highest BCUT2D eigenvalue weighted by molar-refractivity contribution is 7.60. The van der Waals surface area contributed by atoms with Crippen molar-refractivity contribution in [2.75, 3.05) is 0 Å². The molecule has 1 aromatic carbocycles. The first-order valence-electron chi connectivity index (χ1n) is 4.08. The normalized spacial score (nSPS) is 11.2. The van der Waals surface area contributed by atoms with Gasteiger partial charge in [-0.3, -0.25) is 4.57 Å². The SMILES string of the molecule is C.CC(C)c1ccccc1P(=O)(O)O. The van der Waals surface area contributed by atoms with Crippen molar-refractivity contribution in [1.82, 2.24) is 0 Å². The van der Waals surface area contributed by atoms with Crippen LogP contribution in [-0.2, 0) is 4.57 Å². The van der Waals surface area contributed by atoms with Gasteiger partial charge in [-0.1, -0.05) is 39.5 Å². The van der Waals surface area contributed by atoms with Gasteiger partial charge in [-0.25, -0.2) is 0 Å². The Labute approximate surface area is 84.9 Å². The van der Waals surface area contributed by atoms with Gasteiger partial charge in [-0.05, 0) is 17.5 Å². The largest absolute Gasteiger partial charge is 0.356 e. The van der Waals surface area contributed by atoms with E-state index in [0.717, 1.165) is 5.56 Å². The van der Waals surface area contributed by atoms with E-state index in [1.807, 2.05) is 13.8 Å². The third kappa shape index (κ3) is 2.95. The summed E-state index contributed by atoms with van der Waals surface area (Å²) in [6.45, 7) is 3.82. The van der Waals surface area contributed by atoms with Crippen molar-refractivity contribution < 1.29 is 14.4 Å². The topological polar surface area (TPSA) is 57.5 Å². The van der Waals surface area contributed by atoms with E-state index in [9.17, 15) is 4.57 Å². The molecule has 0 amide bonds. The highest BCUT2D eigenvalue weighted by Gasteiger charge is 2.21. The van der Waals surface area contributed by atoms with E-state index in [1.165, 1.54) is 6.07 Å². The average Bonchev–Trinajstić information content (AvgIpc) is 2.03. The van der Waals surface area contributed by atoms with Crippen LogP contribution in [0.2, 0.25) is 0 Å². The molecule has 0 radical (unpaired) electrons. The lowest BCUT2D eigenvalue weighted by Crippen LogP contribution is -2.11. The van der Waals surface area contributed by atoms with Gasteiger partial charge in [0.1, 0.15) is 0 Å². The van der Waals surface area contributed by atoms with Crippen LogP contribution in [0.3, 0.4) is 0 Å². The lowest BCUT2D eigenvalue weighted by Gasteiger charge is -2.12. The van der Waals surface area contributed by atoms with E-state index in [1.54, 1.807) is 18.2 Å². The van der Waals surface area contributed by atoms with Gasteiger partial charge < -0.3 is 9.79 Å².